The molecule has 30 heavy (non-hydrogen) atoms. The van der Waals surface area contributed by atoms with Crippen LogP contribution in [0, 0.1) is 12.8 Å². The highest BCUT2D eigenvalue weighted by Gasteiger charge is 2.29. The molecule has 160 valence electrons. The van der Waals surface area contributed by atoms with Crippen LogP contribution in [0.2, 0.25) is 0 Å². The molecular formula is C21H29N7O2. The zero-order chi connectivity index (χ0) is 20.9. The first-order valence-corrected chi connectivity index (χ1v) is 10.5. The van der Waals surface area contributed by atoms with Gasteiger partial charge in [-0.25, -0.2) is 4.99 Å². The summed E-state index contributed by atoms with van der Waals surface area (Å²) in [5.41, 5.74) is 1.12. The molecule has 9 nitrogen and oxygen atoms in total. The summed E-state index contributed by atoms with van der Waals surface area (Å²) in [6.07, 6.45) is 2.86. The molecule has 1 aromatic heterocycles. The number of aliphatic imine (C=N–C) groups is 1. The van der Waals surface area contributed by atoms with Crippen LogP contribution in [0.25, 0.3) is 0 Å². The van der Waals surface area contributed by atoms with Gasteiger partial charge in [0.1, 0.15) is 18.1 Å². The van der Waals surface area contributed by atoms with E-state index in [2.05, 4.69) is 32.2 Å². The highest BCUT2D eigenvalue weighted by atomic mass is 16.5. The normalized spacial score (nSPS) is 18.3. The second-order valence-electron chi connectivity index (χ2n) is 7.75. The summed E-state index contributed by atoms with van der Waals surface area (Å²) in [4.78, 5) is 16.6. The van der Waals surface area contributed by atoms with Gasteiger partial charge in [0, 0.05) is 38.0 Å². The van der Waals surface area contributed by atoms with Gasteiger partial charge in [0.15, 0.2) is 11.8 Å². The molecule has 2 aromatic rings. The number of guanidine groups is 1. The first kappa shape index (κ1) is 20.2. The molecule has 1 saturated carbocycles. The van der Waals surface area contributed by atoms with E-state index in [-0.39, 0.29) is 17.9 Å². The fourth-order valence-electron chi connectivity index (χ4n) is 3.40. The Bertz CT molecular complexity index is 920. The quantitative estimate of drug-likeness (QED) is 0.359. The molecule has 1 aliphatic carbocycles. The lowest BCUT2D eigenvalue weighted by atomic mass is 10.0. The van der Waals surface area contributed by atoms with Gasteiger partial charge in [-0.3, -0.25) is 4.79 Å². The second kappa shape index (κ2) is 9.15. The number of carbonyl (C=O) groups is 1. The smallest absolute Gasteiger partial charge is 0.223 e. The largest absolute Gasteiger partial charge is 0.493 e. The zero-order valence-electron chi connectivity index (χ0n) is 17.5. The van der Waals surface area contributed by atoms with Crippen molar-refractivity contribution in [3.05, 3.63) is 41.5 Å². The molecule has 1 fully saturated rings. The van der Waals surface area contributed by atoms with Crippen molar-refractivity contribution < 1.29 is 9.53 Å². The molecule has 1 aromatic carbocycles. The Morgan fingerprint density at radius 2 is 2.00 bits per heavy atom. The van der Waals surface area contributed by atoms with Crippen molar-refractivity contribution in [2.45, 2.75) is 38.8 Å². The van der Waals surface area contributed by atoms with Crippen LogP contribution in [-0.2, 0) is 18.4 Å². The third kappa shape index (κ3) is 4.90. The molecule has 9 heteroatoms. The molecule has 1 amide bonds. The Hall–Kier alpha value is -3.10. The molecule has 2 aliphatic rings. The molecule has 2 heterocycles. The van der Waals surface area contributed by atoms with E-state index in [1.165, 1.54) is 0 Å². The van der Waals surface area contributed by atoms with Crippen LogP contribution >= 0.6 is 0 Å². The number of aryl methyl sites for hydroxylation is 1. The van der Waals surface area contributed by atoms with Crippen LogP contribution in [0.5, 0.6) is 5.75 Å². The summed E-state index contributed by atoms with van der Waals surface area (Å²) >= 11 is 0. The predicted octanol–water partition coefficient (Wildman–Crippen LogP) is 1.21. The molecule has 1 atom stereocenters. The Kier molecular flexibility index (Phi) is 6.15. The van der Waals surface area contributed by atoms with E-state index < -0.39 is 0 Å². The summed E-state index contributed by atoms with van der Waals surface area (Å²) in [7, 11) is 1.93. The van der Waals surface area contributed by atoms with Crippen molar-refractivity contribution in [2.75, 3.05) is 19.7 Å². The van der Waals surface area contributed by atoms with Crippen LogP contribution in [0.4, 0.5) is 0 Å². The van der Waals surface area contributed by atoms with Crippen LogP contribution in [0.1, 0.15) is 42.5 Å². The van der Waals surface area contributed by atoms with E-state index in [9.17, 15) is 4.79 Å². The number of fused-ring (bicyclic) bond motifs is 1. The fourth-order valence-corrected chi connectivity index (χ4v) is 3.40. The van der Waals surface area contributed by atoms with E-state index in [4.69, 9.17) is 9.73 Å². The molecule has 3 N–H and O–H groups in total. The Balaban J connectivity index is 1.41. The molecule has 1 aliphatic heterocycles. The minimum atomic E-state index is 0.100. The van der Waals surface area contributed by atoms with Crippen molar-refractivity contribution in [2.24, 2.45) is 18.0 Å². The van der Waals surface area contributed by atoms with Crippen molar-refractivity contribution in [3.63, 3.8) is 0 Å². The van der Waals surface area contributed by atoms with Crippen molar-refractivity contribution >= 4 is 11.9 Å². The summed E-state index contributed by atoms with van der Waals surface area (Å²) in [6, 6.07) is 8.16. The number of nitrogens with one attached hydrogen (secondary N) is 3. The number of aromatic nitrogens is 3. The lowest BCUT2D eigenvalue weighted by Gasteiger charge is -2.28. The number of benzene rings is 1. The van der Waals surface area contributed by atoms with Gasteiger partial charge in [0.05, 0.1) is 12.6 Å². The van der Waals surface area contributed by atoms with E-state index in [0.717, 1.165) is 42.2 Å². The predicted molar refractivity (Wildman–Crippen MR) is 113 cm³/mol. The minimum absolute atomic E-state index is 0.100. The Labute approximate surface area is 176 Å². The molecule has 4 rings (SSSR count). The summed E-state index contributed by atoms with van der Waals surface area (Å²) < 4.78 is 7.70. The number of rotatable bonds is 7. The van der Waals surface area contributed by atoms with Gasteiger partial charge in [0.25, 0.3) is 0 Å². The maximum atomic E-state index is 11.8. The Morgan fingerprint density at radius 3 is 2.77 bits per heavy atom. The van der Waals surface area contributed by atoms with Crippen LogP contribution in [0.15, 0.2) is 29.3 Å². The standard InChI is InChI=1S/C21H29N7O2/c1-14-26-27-19(28(14)2)13-24-21(23-11-10-22-20(29)15-7-8-15)25-17-9-12-30-18-6-4-3-5-16(17)18/h3-6,15,17H,7-13H2,1-2H3,(H,22,29)(H2,23,24,25). The molecule has 0 bridgehead atoms. The summed E-state index contributed by atoms with van der Waals surface area (Å²) in [5, 5.41) is 18.1. The minimum Gasteiger partial charge on any atom is -0.493 e. The molecule has 0 radical (unpaired) electrons. The average molecular weight is 412 g/mol. The number of para-hydroxylation sites is 1. The van der Waals surface area contributed by atoms with E-state index in [1.807, 2.05) is 36.7 Å². The van der Waals surface area contributed by atoms with E-state index in [1.54, 1.807) is 0 Å². The maximum absolute atomic E-state index is 11.8. The lowest BCUT2D eigenvalue weighted by Crippen LogP contribution is -2.44. The first-order valence-electron chi connectivity index (χ1n) is 10.5. The summed E-state index contributed by atoms with van der Waals surface area (Å²) in [5.74, 6) is 3.59. The van der Waals surface area contributed by atoms with E-state index >= 15 is 0 Å². The van der Waals surface area contributed by atoms with Crippen LogP contribution in [-0.4, -0.2) is 46.3 Å². The highest BCUT2D eigenvalue weighted by molar-refractivity contribution is 5.81. The SMILES string of the molecule is Cc1nnc(CN=C(NCCNC(=O)C2CC2)NC2CCOc3ccccc32)n1C. The van der Waals surface area contributed by atoms with Gasteiger partial charge >= 0.3 is 0 Å². The maximum Gasteiger partial charge on any atom is 0.223 e. The van der Waals surface area contributed by atoms with Gasteiger partial charge in [-0.2, -0.15) is 0 Å². The fraction of sp³-hybridized carbons (Fsp3) is 0.524. The lowest BCUT2D eigenvalue weighted by molar-refractivity contribution is -0.122. The average Bonchev–Trinajstić information content (AvgIpc) is 3.56. The number of carbonyl (C=O) groups excluding carboxylic acids is 1. The third-order valence-electron chi connectivity index (χ3n) is 5.50. The van der Waals surface area contributed by atoms with Gasteiger partial charge in [-0.05, 0) is 25.8 Å². The van der Waals surface area contributed by atoms with Crippen molar-refractivity contribution in [3.8, 4) is 5.75 Å². The molecule has 1 unspecified atom stereocenters. The topological polar surface area (TPSA) is 105 Å². The second-order valence-corrected chi connectivity index (χ2v) is 7.75. The number of ether oxygens (including phenoxy) is 1. The number of hydrogen-bond donors (Lipinski definition) is 3. The van der Waals surface area contributed by atoms with Gasteiger partial charge in [-0.15, -0.1) is 10.2 Å². The highest BCUT2D eigenvalue weighted by Crippen LogP contribution is 2.31. The van der Waals surface area contributed by atoms with Gasteiger partial charge < -0.3 is 25.3 Å². The van der Waals surface area contributed by atoms with Crippen LogP contribution in [0.3, 0.4) is 0 Å². The third-order valence-corrected chi connectivity index (χ3v) is 5.50. The van der Waals surface area contributed by atoms with Gasteiger partial charge in [-0.1, -0.05) is 18.2 Å². The first-order chi connectivity index (χ1) is 14.6. The Morgan fingerprint density at radius 1 is 1.20 bits per heavy atom. The molecular weight excluding hydrogens is 382 g/mol. The summed E-state index contributed by atoms with van der Waals surface area (Å²) in [6.45, 7) is 4.13. The zero-order valence-corrected chi connectivity index (χ0v) is 17.5. The number of hydrogen-bond acceptors (Lipinski definition) is 5. The van der Waals surface area contributed by atoms with Crippen molar-refractivity contribution in [1.29, 1.82) is 0 Å². The van der Waals surface area contributed by atoms with Crippen LogP contribution < -0.4 is 20.7 Å². The van der Waals surface area contributed by atoms with Gasteiger partial charge in [0.2, 0.25) is 5.91 Å². The molecule has 0 spiro atoms. The number of nitrogens with zero attached hydrogens (tertiary/aromatic N) is 4. The monoisotopic (exact) mass is 411 g/mol. The number of amides is 1. The van der Waals surface area contributed by atoms with E-state index in [0.29, 0.717) is 32.2 Å². The molecule has 0 saturated heterocycles. The van der Waals surface area contributed by atoms with Crippen molar-refractivity contribution in [1.82, 2.24) is 30.7 Å².